The molecule has 2 aromatic rings. The van der Waals surface area contributed by atoms with E-state index >= 15 is 0 Å². The van der Waals surface area contributed by atoms with Crippen molar-refractivity contribution < 1.29 is 26.7 Å². The molecule has 1 atom stereocenters. The Hall–Kier alpha value is -2.89. The SMILES string of the molecule is N#Cc1cc(C(=O)N[C@H](c2cccc(F)c2F)C(F)(F)F)c[nH]1. The number of alkyl halides is 3. The maximum atomic E-state index is 13.6. The summed E-state index contributed by atoms with van der Waals surface area (Å²) in [5.74, 6) is -4.34. The van der Waals surface area contributed by atoms with E-state index < -0.39 is 35.3 Å². The van der Waals surface area contributed by atoms with Gasteiger partial charge in [-0.1, -0.05) is 12.1 Å². The molecule has 0 unspecified atom stereocenters. The van der Waals surface area contributed by atoms with Crippen molar-refractivity contribution >= 4 is 5.91 Å². The predicted molar refractivity (Wildman–Crippen MR) is 68.1 cm³/mol. The third-order valence-corrected chi connectivity index (χ3v) is 2.96. The van der Waals surface area contributed by atoms with E-state index in [2.05, 4.69) is 4.98 Å². The molecule has 1 aromatic carbocycles. The number of hydrogen-bond donors (Lipinski definition) is 2. The van der Waals surface area contributed by atoms with Gasteiger partial charge in [-0.3, -0.25) is 4.79 Å². The van der Waals surface area contributed by atoms with Crippen LogP contribution in [0.5, 0.6) is 0 Å². The zero-order valence-electron chi connectivity index (χ0n) is 11.2. The fourth-order valence-electron chi connectivity index (χ4n) is 1.88. The van der Waals surface area contributed by atoms with E-state index in [1.165, 1.54) is 0 Å². The van der Waals surface area contributed by atoms with Gasteiger partial charge in [0.2, 0.25) is 0 Å². The van der Waals surface area contributed by atoms with E-state index in [0.717, 1.165) is 24.4 Å². The maximum absolute atomic E-state index is 13.6. The molecule has 4 nitrogen and oxygen atoms in total. The van der Waals surface area contributed by atoms with Gasteiger partial charge in [-0.05, 0) is 12.1 Å². The number of amides is 1. The lowest BCUT2D eigenvalue weighted by atomic mass is 10.0. The number of rotatable bonds is 3. The largest absolute Gasteiger partial charge is 0.412 e. The number of aromatic amines is 1. The monoisotopic (exact) mass is 329 g/mol. The third kappa shape index (κ3) is 3.48. The minimum atomic E-state index is -5.04. The number of H-pyrrole nitrogens is 1. The first-order valence-corrected chi connectivity index (χ1v) is 6.14. The normalized spacial score (nSPS) is 12.5. The highest BCUT2D eigenvalue weighted by Gasteiger charge is 2.43. The van der Waals surface area contributed by atoms with Gasteiger partial charge in [0.25, 0.3) is 5.91 Å². The first-order chi connectivity index (χ1) is 10.7. The van der Waals surface area contributed by atoms with Gasteiger partial charge in [0, 0.05) is 11.8 Å². The van der Waals surface area contributed by atoms with Crippen LogP contribution in [0.25, 0.3) is 0 Å². The number of nitrogens with one attached hydrogen (secondary N) is 2. The predicted octanol–water partition coefficient (Wildman–Crippen LogP) is 3.20. The first kappa shape index (κ1) is 16.5. The van der Waals surface area contributed by atoms with Gasteiger partial charge in [0.15, 0.2) is 17.7 Å². The second-order valence-electron chi connectivity index (χ2n) is 4.50. The molecule has 0 saturated carbocycles. The number of carbonyl (C=O) groups is 1. The van der Waals surface area contributed by atoms with Gasteiger partial charge in [-0.25, -0.2) is 8.78 Å². The summed E-state index contributed by atoms with van der Waals surface area (Å²) in [7, 11) is 0. The van der Waals surface area contributed by atoms with Crippen LogP contribution < -0.4 is 5.32 Å². The van der Waals surface area contributed by atoms with Crippen LogP contribution in [0.4, 0.5) is 22.0 Å². The average Bonchev–Trinajstić information content (AvgIpc) is 2.96. The topological polar surface area (TPSA) is 68.7 Å². The van der Waals surface area contributed by atoms with Gasteiger partial charge >= 0.3 is 6.18 Å². The Morgan fingerprint density at radius 2 is 2.00 bits per heavy atom. The van der Waals surface area contributed by atoms with Crippen molar-refractivity contribution in [3.8, 4) is 6.07 Å². The van der Waals surface area contributed by atoms with Crippen LogP contribution in [0.15, 0.2) is 30.5 Å². The highest BCUT2D eigenvalue weighted by atomic mass is 19.4. The van der Waals surface area contributed by atoms with Crippen molar-refractivity contribution in [1.82, 2.24) is 10.3 Å². The molecule has 1 aromatic heterocycles. The lowest BCUT2D eigenvalue weighted by Crippen LogP contribution is -2.38. The van der Waals surface area contributed by atoms with Crippen molar-refractivity contribution in [3.63, 3.8) is 0 Å². The molecule has 0 fully saturated rings. The van der Waals surface area contributed by atoms with Crippen LogP contribution in [0.1, 0.15) is 27.7 Å². The van der Waals surface area contributed by atoms with E-state index in [0.29, 0.717) is 6.07 Å². The van der Waals surface area contributed by atoms with Crippen LogP contribution in [0.3, 0.4) is 0 Å². The molecule has 0 aliphatic rings. The average molecular weight is 329 g/mol. The zero-order chi connectivity index (χ0) is 17.2. The van der Waals surface area contributed by atoms with Crippen LogP contribution in [-0.4, -0.2) is 17.1 Å². The highest BCUT2D eigenvalue weighted by Crippen LogP contribution is 2.34. The van der Waals surface area contributed by atoms with Gasteiger partial charge in [-0.15, -0.1) is 0 Å². The summed E-state index contributed by atoms with van der Waals surface area (Å²) < 4.78 is 66.1. The zero-order valence-corrected chi connectivity index (χ0v) is 11.2. The Balaban J connectivity index is 2.35. The number of benzene rings is 1. The minimum Gasteiger partial charge on any atom is -0.352 e. The summed E-state index contributed by atoms with van der Waals surface area (Å²) in [6.45, 7) is 0. The van der Waals surface area contributed by atoms with Gasteiger partial charge < -0.3 is 10.3 Å². The van der Waals surface area contributed by atoms with E-state index in [1.807, 2.05) is 0 Å². The minimum absolute atomic E-state index is 0.0318. The summed E-state index contributed by atoms with van der Waals surface area (Å²) in [6, 6.07) is 2.27. The molecular formula is C14H8F5N3O. The molecule has 0 saturated heterocycles. The quantitative estimate of drug-likeness (QED) is 0.849. The molecule has 0 bridgehead atoms. The fraction of sp³-hybridized carbons (Fsp3) is 0.143. The van der Waals surface area contributed by atoms with Gasteiger partial charge in [0.1, 0.15) is 11.8 Å². The molecule has 0 aliphatic heterocycles. The van der Waals surface area contributed by atoms with Crippen molar-refractivity contribution in [2.45, 2.75) is 12.2 Å². The van der Waals surface area contributed by atoms with Crippen molar-refractivity contribution in [1.29, 1.82) is 5.26 Å². The second-order valence-corrected chi connectivity index (χ2v) is 4.50. The molecule has 9 heteroatoms. The summed E-state index contributed by atoms with van der Waals surface area (Å²) in [6.07, 6.45) is -4.01. The lowest BCUT2D eigenvalue weighted by Gasteiger charge is -2.22. The number of nitriles is 1. The van der Waals surface area contributed by atoms with E-state index in [-0.39, 0.29) is 11.3 Å². The molecule has 120 valence electrons. The standard InChI is InChI=1S/C14H8F5N3O/c15-10-3-1-2-9(11(10)16)12(14(17,18)19)22-13(23)7-4-8(5-20)21-6-7/h1-4,6,12,21H,(H,22,23)/t12-/m1/s1. The molecule has 2 N–H and O–H groups in total. The summed E-state index contributed by atoms with van der Waals surface area (Å²) in [5.41, 5.74) is -1.31. The van der Waals surface area contributed by atoms with Gasteiger partial charge in [-0.2, -0.15) is 18.4 Å². The Morgan fingerprint density at radius 3 is 2.57 bits per heavy atom. The Labute approximate surface area is 126 Å². The Kier molecular flexibility index (Phi) is 4.36. The molecule has 0 aliphatic carbocycles. The number of carbonyl (C=O) groups excluding carboxylic acids is 1. The smallest absolute Gasteiger partial charge is 0.352 e. The second kappa shape index (κ2) is 6.08. The van der Waals surface area contributed by atoms with Gasteiger partial charge in [0.05, 0.1) is 5.56 Å². The van der Waals surface area contributed by atoms with Crippen LogP contribution in [0.2, 0.25) is 0 Å². The molecule has 0 spiro atoms. The Bertz CT molecular complexity index is 775. The molecule has 0 radical (unpaired) electrons. The maximum Gasteiger partial charge on any atom is 0.412 e. The summed E-state index contributed by atoms with van der Waals surface area (Å²) in [5, 5.41) is 10.2. The van der Waals surface area contributed by atoms with E-state index in [1.54, 1.807) is 11.4 Å². The van der Waals surface area contributed by atoms with Crippen molar-refractivity contribution in [2.75, 3.05) is 0 Å². The fourth-order valence-corrected chi connectivity index (χ4v) is 1.88. The Morgan fingerprint density at radius 1 is 1.30 bits per heavy atom. The van der Waals surface area contributed by atoms with Crippen molar-refractivity contribution in [3.05, 3.63) is 58.9 Å². The number of nitrogens with zero attached hydrogens (tertiary/aromatic N) is 1. The van der Waals surface area contributed by atoms with Crippen LogP contribution in [0, 0.1) is 23.0 Å². The first-order valence-electron chi connectivity index (χ1n) is 6.14. The number of hydrogen-bond acceptors (Lipinski definition) is 2. The third-order valence-electron chi connectivity index (χ3n) is 2.96. The lowest BCUT2D eigenvalue weighted by molar-refractivity contribution is -0.155. The molecule has 2 rings (SSSR count). The van der Waals surface area contributed by atoms with Crippen molar-refractivity contribution in [2.24, 2.45) is 0 Å². The molecule has 1 heterocycles. The highest BCUT2D eigenvalue weighted by molar-refractivity contribution is 5.94. The molecular weight excluding hydrogens is 321 g/mol. The van der Waals surface area contributed by atoms with Crippen LogP contribution in [-0.2, 0) is 0 Å². The number of aromatic nitrogens is 1. The summed E-state index contributed by atoms with van der Waals surface area (Å²) >= 11 is 0. The van der Waals surface area contributed by atoms with Crippen LogP contribution >= 0.6 is 0 Å². The number of halogens is 5. The summed E-state index contributed by atoms with van der Waals surface area (Å²) in [4.78, 5) is 14.2. The molecule has 1 amide bonds. The molecule has 23 heavy (non-hydrogen) atoms. The van der Waals surface area contributed by atoms with E-state index in [4.69, 9.17) is 5.26 Å². The van der Waals surface area contributed by atoms with E-state index in [9.17, 15) is 26.7 Å².